The molecule has 160 valence electrons. The summed E-state index contributed by atoms with van der Waals surface area (Å²) in [6.45, 7) is 1.61. The number of aliphatic hydroxyl groups excluding tert-OH is 1. The van der Waals surface area contributed by atoms with Gasteiger partial charge in [0, 0.05) is 49.4 Å². The van der Waals surface area contributed by atoms with E-state index in [-0.39, 0.29) is 12.0 Å². The summed E-state index contributed by atoms with van der Waals surface area (Å²) < 4.78 is 5.84. The fourth-order valence-corrected chi connectivity index (χ4v) is 4.90. The third-order valence-electron chi connectivity index (χ3n) is 5.70. The quantitative estimate of drug-likeness (QED) is 0.632. The van der Waals surface area contributed by atoms with Crippen molar-refractivity contribution in [2.75, 3.05) is 23.3 Å². The van der Waals surface area contributed by atoms with Gasteiger partial charge in [-0.3, -0.25) is 4.79 Å². The Bertz CT molecular complexity index is 1070. The first-order chi connectivity index (χ1) is 15.2. The zero-order chi connectivity index (χ0) is 21.2. The lowest BCUT2D eigenvalue weighted by atomic mass is 10.1. The van der Waals surface area contributed by atoms with Gasteiger partial charge in [-0.25, -0.2) is 15.0 Å². The lowest BCUT2D eigenvalue weighted by molar-refractivity contribution is 0.102. The van der Waals surface area contributed by atoms with Crippen LogP contribution in [0.2, 0.25) is 0 Å². The maximum Gasteiger partial charge on any atom is 0.316 e. The maximum absolute atomic E-state index is 12.7. The van der Waals surface area contributed by atoms with Crippen LogP contribution in [-0.2, 0) is 6.42 Å². The zero-order valence-corrected chi connectivity index (χ0v) is 17.7. The van der Waals surface area contributed by atoms with E-state index < -0.39 is 6.10 Å². The number of ether oxygens (including phenoxy) is 1. The molecule has 0 saturated carbocycles. The van der Waals surface area contributed by atoms with Crippen molar-refractivity contribution in [2.45, 2.75) is 37.9 Å². The summed E-state index contributed by atoms with van der Waals surface area (Å²) in [5.74, 6) is -0.222. The van der Waals surface area contributed by atoms with Crippen molar-refractivity contribution in [3.05, 3.63) is 58.9 Å². The molecule has 1 fully saturated rings. The first-order valence-electron chi connectivity index (χ1n) is 10.4. The number of hydrogen-bond acceptors (Lipinski definition) is 8. The second kappa shape index (κ2) is 8.60. The standard InChI is InChI=1S/C22H23N5O3S/c28-19-5-2-14-12-15(3-4-17(14)19)25-20(29)18-13-31-22(26-18)27-10-6-16(7-11-27)30-21-23-8-1-9-24-21/h1,3-4,8-9,12-13,16,19,28H,2,5-7,10-11H2,(H,25,29). The second-order valence-electron chi connectivity index (χ2n) is 7.77. The molecule has 31 heavy (non-hydrogen) atoms. The maximum atomic E-state index is 12.7. The molecular formula is C22H23N5O3S. The van der Waals surface area contributed by atoms with Crippen LogP contribution >= 0.6 is 11.3 Å². The molecule has 0 spiro atoms. The van der Waals surface area contributed by atoms with E-state index in [2.05, 4.69) is 25.2 Å². The topological polar surface area (TPSA) is 100 Å². The number of aromatic nitrogens is 3. The summed E-state index contributed by atoms with van der Waals surface area (Å²) in [6.07, 6.45) is 6.30. The normalized spacial score (nSPS) is 18.6. The molecule has 5 rings (SSSR count). The van der Waals surface area contributed by atoms with Gasteiger partial charge in [0.1, 0.15) is 11.8 Å². The number of anilines is 2. The lowest BCUT2D eigenvalue weighted by Gasteiger charge is -2.31. The third-order valence-corrected chi connectivity index (χ3v) is 6.60. The van der Waals surface area contributed by atoms with Gasteiger partial charge in [-0.15, -0.1) is 11.3 Å². The second-order valence-corrected chi connectivity index (χ2v) is 8.61. The smallest absolute Gasteiger partial charge is 0.316 e. The molecule has 0 bridgehead atoms. The van der Waals surface area contributed by atoms with Crippen molar-refractivity contribution >= 4 is 28.1 Å². The minimum atomic E-state index is -0.393. The monoisotopic (exact) mass is 437 g/mol. The summed E-state index contributed by atoms with van der Waals surface area (Å²) in [5, 5.41) is 15.5. The number of aryl methyl sites for hydroxylation is 1. The van der Waals surface area contributed by atoms with Crippen LogP contribution < -0.4 is 15.0 Å². The van der Waals surface area contributed by atoms with Gasteiger partial charge >= 0.3 is 6.01 Å². The van der Waals surface area contributed by atoms with Crippen LogP contribution in [0.25, 0.3) is 0 Å². The zero-order valence-electron chi connectivity index (χ0n) is 16.9. The minimum absolute atomic E-state index is 0.0831. The van der Waals surface area contributed by atoms with E-state index in [1.165, 1.54) is 11.3 Å². The van der Waals surface area contributed by atoms with Gasteiger partial charge in [-0.2, -0.15) is 0 Å². The largest absolute Gasteiger partial charge is 0.460 e. The van der Waals surface area contributed by atoms with Crippen molar-refractivity contribution in [1.29, 1.82) is 0 Å². The number of nitrogens with one attached hydrogen (secondary N) is 1. The minimum Gasteiger partial charge on any atom is -0.460 e. The highest BCUT2D eigenvalue weighted by Crippen LogP contribution is 2.33. The molecule has 1 unspecified atom stereocenters. The van der Waals surface area contributed by atoms with E-state index in [1.54, 1.807) is 23.8 Å². The molecule has 1 aromatic carbocycles. The lowest BCUT2D eigenvalue weighted by Crippen LogP contribution is -2.38. The van der Waals surface area contributed by atoms with E-state index in [0.29, 0.717) is 11.7 Å². The number of hydrogen-bond donors (Lipinski definition) is 2. The summed E-state index contributed by atoms with van der Waals surface area (Å²) >= 11 is 1.48. The van der Waals surface area contributed by atoms with Crippen molar-refractivity contribution in [3.63, 3.8) is 0 Å². The van der Waals surface area contributed by atoms with Crippen LogP contribution in [-0.4, -0.2) is 45.2 Å². The third kappa shape index (κ3) is 4.38. The number of rotatable bonds is 5. The molecule has 2 N–H and O–H groups in total. The summed E-state index contributed by atoms with van der Waals surface area (Å²) in [4.78, 5) is 27.6. The number of carbonyl (C=O) groups is 1. The van der Waals surface area contributed by atoms with Crippen molar-refractivity contribution < 1.29 is 14.6 Å². The van der Waals surface area contributed by atoms with Gasteiger partial charge in [0.05, 0.1) is 6.10 Å². The van der Waals surface area contributed by atoms with E-state index in [9.17, 15) is 9.90 Å². The SMILES string of the molecule is O=C(Nc1ccc2c(c1)CCC2O)c1csc(N2CCC(Oc3ncccn3)CC2)n1. The van der Waals surface area contributed by atoms with Crippen molar-refractivity contribution in [1.82, 2.24) is 15.0 Å². The van der Waals surface area contributed by atoms with Crippen molar-refractivity contribution in [2.24, 2.45) is 0 Å². The molecule has 1 atom stereocenters. The summed E-state index contributed by atoms with van der Waals surface area (Å²) in [6, 6.07) is 7.84. The first kappa shape index (κ1) is 19.9. The van der Waals surface area contributed by atoms with Gasteiger partial charge in [0.25, 0.3) is 5.91 Å². The Morgan fingerprint density at radius 3 is 2.81 bits per heavy atom. The molecule has 8 nitrogen and oxygen atoms in total. The fraction of sp³-hybridized carbons (Fsp3) is 0.364. The Kier molecular flexibility index (Phi) is 5.52. The Balaban J connectivity index is 1.17. The van der Waals surface area contributed by atoms with Crippen LogP contribution in [0.1, 0.15) is 47.0 Å². The van der Waals surface area contributed by atoms with Gasteiger partial charge < -0.3 is 20.1 Å². The molecule has 1 aliphatic heterocycles. The number of piperidine rings is 1. The van der Waals surface area contributed by atoms with Crippen LogP contribution in [0.4, 0.5) is 10.8 Å². The first-order valence-corrected chi connectivity index (χ1v) is 11.3. The van der Waals surface area contributed by atoms with Crippen LogP contribution in [0, 0.1) is 0 Å². The highest BCUT2D eigenvalue weighted by molar-refractivity contribution is 7.14. The van der Waals surface area contributed by atoms with E-state index in [4.69, 9.17) is 4.74 Å². The average Bonchev–Trinajstić information content (AvgIpc) is 3.43. The number of aliphatic hydroxyl groups is 1. The van der Waals surface area contributed by atoms with Gasteiger partial charge in [-0.1, -0.05) is 6.07 Å². The molecule has 2 aromatic heterocycles. The molecule has 0 radical (unpaired) electrons. The number of benzene rings is 1. The van der Waals surface area contributed by atoms with Gasteiger partial charge in [0.2, 0.25) is 0 Å². The number of nitrogens with zero attached hydrogens (tertiary/aromatic N) is 4. The van der Waals surface area contributed by atoms with Crippen LogP contribution in [0.3, 0.4) is 0 Å². The van der Waals surface area contributed by atoms with Gasteiger partial charge in [-0.05, 0) is 42.2 Å². The average molecular weight is 438 g/mol. The van der Waals surface area contributed by atoms with E-state index in [0.717, 1.165) is 60.7 Å². The van der Waals surface area contributed by atoms with E-state index >= 15 is 0 Å². The molecule has 1 saturated heterocycles. The molecule has 2 aliphatic rings. The molecular weight excluding hydrogens is 414 g/mol. The molecule has 1 aliphatic carbocycles. The predicted octanol–water partition coefficient (Wildman–Crippen LogP) is 3.21. The molecule has 9 heteroatoms. The van der Waals surface area contributed by atoms with Crippen LogP contribution in [0.5, 0.6) is 6.01 Å². The van der Waals surface area contributed by atoms with Crippen LogP contribution in [0.15, 0.2) is 42.0 Å². The Morgan fingerprint density at radius 2 is 2.00 bits per heavy atom. The molecule has 1 amide bonds. The molecule has 3 heterocycles. The fourth-order valence-electron chi connectivity index (χ4n) is 4.04. The Labute approximate surface area is 183 Å². The van der Waals surface area contributed by atoms with Crippen molar-refractivity contribution in [3.8, 4) is 6.01 Å². The number of amides is 1. The number of fused-ring (bicyclic) bond motifs is 1. The van der Waals surface area contributed by atoms with E-state index in [1.807, 2.05) is 18.2 Å². The summed E-state index contributed by atoms with van der Waals surface area (Å²) in [7, 11) is 0. The Morgan fingerprint density at radius 1 is 1.19 bits per heavy atom. The summed E-state index contributed by atoms with van der Waals surface area (Å²) in [5.41, 5.74) is 3.19. The van der Waals surface area contributed by atoms with Gasteiger partial charge in [0.15, 0.2) is 5.13 Å². The highest BCUT2D eigenvalue weighted by atomic mass is 32.1. The number of thiazole rings is 1. The number of carbonyl (C=O) groups excluding carboxylic acids is 1. The Hall–Kier alpha value is -3.04. The highest BCUT2D eigenvalue weighted by Gasteiger charge is 2.24. The predicted molar refractivity (Wildman–Crippen MR) is 118 cm³/mol. The molecule has 3 aromatic rings.